The summed E-state index contributed by atoms with van der Waals surface area (Å²) in [6, 6.07) is 16.6. The SMILES string of the molecule is Cc1nc(-c2cccs2)sc1-c1ccc(=O)n(CCNS(=O)(=O)CCc2ccccc2)n1. The second kappa shape index (κ2) is 9.86. The first-order valence-electron chi connectivity index (χ1n) is 10.0. The third kappa shape index (κ3) is 5.57. The molecule has 0 atom stereocenters. The van der Waals surface area contributed by atoms with Gasteiger partial charge in [0.1, 0.15) is 10.7 Å². The summed E-state index contributed by atoms with van der Waals surface area (Å²) in [5.41, 5.74) is 2.18. The molecule has 3 aromatic heterocycles. The average Bonchev–Trinajstić information content (AvgIpc) is 3.44. The minimum Gasteiger partial charge on any atom is -0.268 e. The minimum absolute atomic E-state index is 0.00899. The molecule has 3 heterocycles. The summed E-state index contributed by atoms with van der Waals surface area (Å²) in [5, 5.41) is 7.37. The highest BCUT2D eigenvalue weighted by Crippen LogP contribution is 2.35. The van der Waals surface area contributed by atoms with Crippen LogP contribution in [0.5, 0.6) is 0 Å². The number of hydrogen-bond acceptors (Lipinski definition) is 7. The number of benzene rings is 1. The zero-order valence-electron chi connectivity index (χ0n) is 17.4. The fourth-order valence-electron chi connectivity index (χ4n) is 3.15. The molecule has 0 unspecified atom stereocenters. The van der Waals surface area contributed by atoms with Gasteiger partial charge in [-0.15, -0.1) is 22.7 Å². The standard InChI is InChI=1S/C22H22N4O3S3/c1-16-21(31-22(24-16)19-8-5-14-30-19)18-9-10-20(27)26(25-18)13-12-23-32(28,29)15-11-17-6-3-2-4-7-17/h2-10,14,23H,11-13,15H2,1H3. The Morgan fingerprint density at radius 3 is 2.62 bits per heavy atom. The first-order chi connectivity index (χ1) is 15.4. The molecule has 1 aromatic carbocycles. The zero-order chi connectivity index (χ0) is 22.6. The van der Waals surface area contributed by atoms with E-state index in [1.165, 1.54) is 22.1 Å². The van der Waals surface area contributed by atoms with Gasteiger partial charge in [0.2, 0.25) is 10.0 Å². The largest absolute Gasteiger partial charge is 0.268 e. The van der Waals surface area contributed by atoms with Gasteiger partial charge in [0, 0.05) is 12.6 Å². The highest BCUT2D eigenvalue weighted by Gasteiger charge is 2.15. The smallest absolute Gasteiger partial charge is 0.266 e. The molecule has 0 saturated carbocycles. The van der Waals surface area contributed by atoms with Crippen LogP contribution < -0.4 is 10.3 Å². The van der Waals surface area contributed by atoms with Crippen LogP contribution in [0.25, 0.3) is 20.5 Å². The lowest BCUT2D eigenvalue weighted by atomic mass is 10.2. The number of thiazole rings is 1. The minimum atomic E-state index is -3.45. The summed E-state index contributed by atoms with van der Waals surface area (Å²) in [5.74, 6) is -0.00899. The summed E-state index contributed by atoms with van der Waals surface area (Å²) in [6.07, 6.45) is 0.432. The van der Waals surface area contributed by atoms with E-state index in [2.05, 4.69) is 14.8 Å². The Balaban J connectivity index is 1.42. The van der Waals surface area contributed by atoms with Crippen molar-refractivity contribution in [1.82, 2.24) is 19.5 Å². The van der Waals surface area contributed by atoms with Crippen molar-refractivity contribution < 1.29 is 8.42 Å². The van der Waals surface area contributed by atoms with E-state index >= 15 is 0 Å². The number of aromatic nitrogens is 3. The summed E-state index contributed by atoms with van der Waals surface area (Å²) < 4.78 is 28.5. The maximum Gasteiger partial charge on any atom is 0.266 e. The molecule has 4 rings (SSSR count). The quantitative estimate of drug-likeness (QED) is 0.390. The van der Waals surface area contributed by atoms with E-state index in [0.717, 1.165) is 26.0 Å². The van der Waals surface area contributed by atoms with Crippen molar-refractivity contribution in [3.63, 3.8) is 0 Å². The van der Waals surface area contributed by atoms with E-state index in [1.807, 2.05) is 54.8 Å². The summed E-state index contributed by atoms with van der Waals surface area (Å²) >= 11 is 3.15. The Labute approximate surface area is 194 Å². The predicted octanol–water partition coefficient (Wildman–Crippen LogP) is 3.57. The van der Waals surface area contributed by atoms with Crippen molar-refractivity contribution in [1.29, 1.82) is 0 Å². The number of thiophene rings is 1. The van der Waals surface area contributed by atoms with Crippen LogP contribution in [0.3, 0.4) is 0 Å². The predicted molar refractivity (Wildman–Crippen MR) is 130 cm³/mol. The van der Waals surface area contributed by atoms with Crippen LogP contribution in [-0.2, 0) is 23.0 Å². The van der Waals surface area contributed by atoms with Gasteiger partial charge in [0.05, 0.1) is 27.7 Å². The maximum absolute atomic E-state index is 12.3. The third-order valence-corrected chi connectivity index (χ3v) is 8.38. The van der Waals surface area contributed by atoms with Gasteiger partial charge in [-0.05, 0) is 36.4 Å². The van der Waals surface area contributed by atoms with Crippen molar-refractivity contribution in [2.45, 2.75) is 19.9 Å². The van der Waals surface area contributed by atoms with Crippen molar-refractivity contribution in [2.75, 3.05) is 12.3 Å². The van der Waals surface area contributed by atoms with Gasteiger partial charge in [-0.25, -0.2) is 22.8 Å². The van der Waals surface area contributed by atoms with Gasteiger partial charge >= 0.3 is 0 Å². The number of nitrogens with one attached hydrogen (secondary N) is 1. The molecule has 0 fully saturated rings. The molecule has 0 radical (unpaired) electrons. The van der Waals surface area contributed by atoms with E-state index in [9.17, 15) is 13.2 Å². The summed E-state index contributed by atoms with van der Waals surface area (Å²) in [7, 11) is -3.45. The molecule has 0 aliphatic carbocycles. The van der Waals surface area contributed by atoms with Crippen LogP contribution in [0, 0.1) is 6.92 Å². The number of rotatable bonds is 9. The molecular weight excluding hydrogens is 464 g/mol. The fourth-order valence-corrected chi connectivity index (χ4v) is 6.03. The molecule has 4 aromatic rings. The summed E-state index contributed by atoms with van der Waals surface area (Å²) in [6.45, 7) is 2.16. The monoisotopic (exact) mass is 486 g/mol. The van der Waals surface area contributed by atoms with Crippen LogP contribution >= 0.6 is 22.7 Å². The molecule has 166 valence electrons. The highest BCUT2D eigenvalue weighted by atomic mass is 32.2. The van der Waals surface area contributed by atoms with E-state index in [1.54, 1.807) is 17.4 Å². The van der Waals surface area contributed by atoms with E-state index < -0.39 is 10.0 Å². The molecule has 32 heavy (non-hydrogen) atoms. The molecule has 0 aliphatic rings. The Morgan fingerprint density at radius 2 is 1.88 bits per heavy atom. The van der Waals surface area contributed by atoms with E-state index in [4.69, 9.17) is 0 Å². The van der Waals surface area contributed by atoms with Gasteiger partial charge < -0.3 is 0 Å². The van der Waals surface area contributed by atoms with Gasteiger partial charge in [0.15, 0.2) is 0 Å². The number of aryl methyl sites for hydroxylation is 2. The molecule has 0 aliphatic heterocycles. The van der Waals surface area contributed by atoms with E-state index in [0.29, 0.717) is 12.1 Å². The van der Waals surface area contributed by atoms with Crippen LogP contribution in [0.1, 0.15) is 11.3 Å². The Bertz CT molecular complexity index is 1340. The van der Waals surface area contributed by atoms with Gasteiger partial charge in [-0.1, -0.05) is 36.4 Å². The Kier molecular flexibility index (Phi) is 6.95. The Morgan fingerprint density at radius 1 is 1.06 bits per heavy atom. The van der Waals surface area contributed by atoms with Crippen molar-refractivity contribution in [2.24, 2.45) is 0 Å². The number of hydrogen-bond donors (Lipinski definition) is 1. The molecular formula is C22H22N4O3S3. The average molecular weight is 487 g/mol. The van der Waals surface area contributed by atoms with Crippen LogP contribution in [-0.4, -0.2) is 35.5 Å². The molecule has 7 nitrogen and oxygen atoms in total. The lowest BCUT2D eigenvalue weighted by molar-refractivity contribution is 0.548. The third-order valence-electron chi connectivity index (χ3n) is 4.78. The molecule has 1 N–H and O–H groups in total. The highest BCUT2D eigenvalue weighted by molar-refractivity contribution is 7.89. The second-order valence-electron chi connectivity index (χ2n) is 7.14. The second-order valence-corrected chi connectivity index (χ2v) is 11.0. The zero-order valence-corrected chi connectivity index (χ0v) is 19.8. The normalized spacial score (nSPS) is 11.7. The van der Waals surface area contributed by atoms with Crippen molar-refractivity contribution in [3.8, 4) is 20.5 Å². The summed E-state index contributed by atoms with van der Waals surface area (Å²) in [4.78, 5) is 18.9. The van der Waals surface area contributed by atoms with Gasteiger partial charge in [0.25, 0.3) is 5.56 Å². The van der Waals surface area contributed by atoms with Crippen LogP contribution in [0.4, 0.5) is 0 Å². The van der Waals surface area contributed by atoms with Crippen molar-refractivity contribution >= 4 is 32.7 Å². The lowest BCUT2D eigenvalue weighted by Crippen LogP contribution is -2.33. The van der Waals surface area contributed by atoms with E-state index in [-0.39, 0.29) is 24.4 Å². The van der Waals surface area contributed by atoms with Gasteiger partial charge in [-0.3, -0.25) is 4.79 Å². The fraction of sp³-hybridized carbons (Fsp3) is 0.227. The number of sulfonamides is 1. The topological polar surface area (TPSA) is 94.0 Å². The van der Waals surface area contributed by atoms with Crippen molar-refractivity contribution in [3.05, 3.63) is 81.6 Å². The first kappa shape index (κ1) is 22.5. The maximum atomic E-state index is 12.3. The van der Waals surface area contributed by atoms with Crippen LogP contribution in [0.15, 0.2) is 64.8 Å². The number of nitrogens with zero attached hydrogens (tertiary/aromatic N) is 3. The molecule has 0 bridgehead atoms. The molecule has 0 amide bonds. The molecule has 0 spiro atoms. The molecule has 0 saturated heterocycles. The lowest BCUT2D eigenvalue weighted by Gasteiger charge is -2.09. The Hall–Kier alpha value is -2.66. The van der Waals surface area contributed by atoms with Crippen LogP contribution in [0.2, 0.25) is 0 Å². The van der Waals surface area contributed by atoms with Gasteiger partial charge in [-0.2, -0.15) is 5.10 Å². The first-order valence-corrected chi connectivity index (χ1v) is 13.4. The molecule has 10 heteroatoms.